The number of aliphatic hydroxyl groups excluding tert-OH is 1. The third kappa shape index (κ3) is 2.06. The predicted molar refractivity (Wildman–Crippen MR) is 69.6 cm³/mol. The van der Waals surface area contributed by atoms with Crippen LogP contribution < -0.4 is 0 Å². The van der Waals surface area contributed by atoms with Gasteiger partial charge in [-0.05, 0) is 63.7 Å². The molecule has 0 amide bonds. The molecule has 0 bridgehead atoms. The monoisotopic (exact) mass is 238 g/mol. The van der Waals surface area contributed by atoms with Crippen molar-refractivity contribution in [3.63, 3.8) is 0 Å². The molecule has 4 atom stereocenters. The van der Waals surface area contributed by atoms with Crippen LogP contribution in [0.3, 0.4) is 0 Å². The normalized spacial score (nSPS) is 42.9. The van der Waals surface area contributed by atoms with Crippen molar-refractivity contribution >= 4 is 0 Å². The molecule has 2 aliphatic carbocycles. The van der Waals surface area contributed by atoms with Crippen LogP contribution in [0.2, 0.25) is 0 Å². The van der Waals surface area contributed by atoms with E-state index in [0.29, 0.717) is 5.92 Å². The molecule has 2 rings (SSSR count). The SMILES string of the molecule is CC1=CCC2(CC1)C(C)C(O)CC2C(C)(C)O. The zero-order valence-electron chi connectivity index (χ0n) is 11.5. The molecule has 1 fully saturated rings. The third-order valence-corrected chi connectivity index (χ3v) is 5.32. The van der Waals surface area contributed by atoms with Crippen molar-refractivity contribution < 1.29 is 10.2 Å². The molecule has 0 saturated heterocycles. The van der Waals surface area contributed by atoms with Crippen LogP contribution in [0.1, 0.15) is 53.4 Å². The van der Waals surface area contributed by atoms with Crippen LogP contribution in [-0.4, -0.2) is 21.9 Å². The second kappa shape index (κ2) is 4.10. The summed E-state index contributed by atoms with van der Waals surface area (Å²) in [5.41, 5.74) is 0.876. The Morgan fingerprint density at radius 3 is 2.53 bits per heavy atom. The summed E-state index contributed by atoms with van der Waals surface area (Å²) in [6.07, 6.45) is 6.06. The largest absolute Gasteiger partial charge is 0.393 e. The van der Waals surface area contributed by atoms with E-state index in [1.165, 1.54) is 5.57 Å². The van der Waals surface area contributed by atoms with Gasteiger partial charge in [0.05, 0.1) is 11.7 Å². The number of allylic oxidation sites excluding steroid dienone is 2. The maximum atomic E-state index is 10.4. The molecule has 0 aromatic carbocycles. The maximum absolute atomic E-state index is 10.4. The van der Waals surface area contributed by atoms with E-state index in [4.69, 9.17) is 0 Å². The van der Waals surface area contributed by atoms with Gasteiger partial charge < -0.3 is 10.2 Å². The second-order valence-electron chi connectivity index (χ2n) is 6.79. The second-order valence-corrected chi connectivity index (χ2v) is 6.79. The van der Waals surface area contributed by atoms with E-state index in [9.17, 15) is 10.2 Å². The van der Waals surface area contributed by atoms with Gasteiger partial charge in [-0.15, -0.1) is 0 Å². The first-order chi connectivity index (χ1) is 7.77. The Morgan fingerprint density at radius 1 is 1.41 bits per heavy atom. The topological polar surface area (TPSA) is 40.5 Å². The van der Waals surface area contributed by atoms with Crippen molar-refractivity contribution in [2.75, 3.05) is 0 Å². The Kier molecular flexibility index (Phi) is 3.16. The highest BCUT2D eigenvalue weighted by molar-refractivity contribution is 5.15. The molecule has 0 radical (unpaired) electrons. The Morgan fingerprint density at radius 2 is 2.06 bits per heavy atom. The molecule has 2 N–H and O–H groups in total. The Balaban J connectivity index is 2.34. The predicted octanol–water partition coefficient (Wildman–Crippen LogP) is 2.89. The van der Waals surface area contributed by atoms with Gasteiger partial charge in [-0.25, -0.2) is 0 Å². The molecule has 2 nitrogen and oxygen atoms in total. The van der Waals surface area contributed by atoms with E-state index >= 15 is 0 Å². The van der Waals surface area contributed by atoms with Crippen LogP contribution in [0.25, 0.3) is 0 Å². The van der Waals surface area contributed by atoms with E-state index in [1.54, 1.807) is 0 Å². The van der Waals surface area contributed by atoms with Gasteiger partial charge in [-0.3, -0.25) is 0 Å². The fourth-order valence-corrected chi connectivity index (χ4v) is 4.10. The number of rotatable bonds is 1. The van der Waals surface area contributed by atoms with E-state index in [-0.39, 0.29) is 17.4 Å². The molecule has 4 unspecified atom stereocenters. The first kappa shape index (κ1) is 13.1. The van der Waals surface area contributed by atoms with Gasteiger partial charge in [0, 0.05) is 0 Å². The van der Waals surface area contributed by atoms with Gasteiger partial charge >= 0.3 is 0 Å². The lowest BCUT2D eigenvalue weighted by Crippen LogP contribution is -2.44. The summed E-state index contributed by atoms with van der Waals surface area (Å²) >= 11 is 0. The summed E-state index contributed by atoms with van der Waals surface area (Å²) in [7, 11) is 0. The lowest BCUT2D eigenvalue weighted by Gasteiger charge is -2.46. The van der Waals surface area contributed by atoms with Crippen molar-refractivity contribution in [3.05, 3.63) is 11.6 Å². The summed E-state index contributed by atoms with van der Waals surface area (Å²) in [6.45, 7) is 8.14. The molecular weight excluding hydrogens is 212 g/mol. The molecule has 98 valence electrons. The highest BCUT2D eigenvalue weighted by Gasteiger charge is 2.56. The van der Waals surface area contributed by atoms with E-state index in [1.807, 2.05) is 13.8 Å². The van der Waals surface area contributed by atoms with Crippen molar-refractivity contribution in [2.45, 2.75) is 65.1 Å². The first-order valence-electron chi connectivity index (χ1n) is 6.83. The van der Waals surface area contributed by atoms with Gasteiger partial charge in [0.25, 0.3) is 0 Å². The summed E-state index contributed by atoms with van der Waals surface area (Å²) in [5.74, 6) is 0.507. The highest BCUT2D eigenvalue weighted by Crippen LogP contribution is 2.58. The average Bonchev–Trinajstić information content (AvgIpc) is 2.48. The fourth-order valence-electron chi connectivity index (χ4n) is 4.10. The number of hydrogen-bond donors (Lipinski definition) is 2. The standard InChI is InChI=1S/C15H26O2/c1-10-5-7-15(8-6-10)11(2)12(16)9-13(15)14(3,4)17/h5,11-13,16-17H,6-9H2,1-4H3. The number of hydrogen-bond acceptors (Lipinski definition) is 2. The maximum Gasteiger partial charge on any atom is 0.0626 e. The van der Waals surface area contributed by atoms with E-state index in [0.717, 1.165) is 25.7 Å². The highest BCUT2D eigenvalue weighted by atomic mass is 16.3. The lowest BCUT2D eigenvalue weighted by atomic mass is 9.60. The fraction of sp³-hybridized carbons (Fsp3) is 0.867. The molecule has 0 aromatic heterocycles. The average molecular weight is 238 g/mol. The molecule has 2 heteroatoms. The van der Waals surface area contributed by atoms with Crippen molar-refractivity contribution in [2.24, 2.45) is 17.3 Å². The van der Waals surface area contributed by atoms with Crippen LogP contribution in [0.5, 0.6) is 0 Å². The van der Waals surface area contributed by atoms with Gasteiger partial charge in [0.1, 0.15) is 0 Å². The van der Waals surface area contributed by atoms with Crippen LogP contribution >= 0.6 is 0 Å². The third-order valence-electron chi connectivity index (χ3n) is 5.32. The van der Waals surface area contributed by atoms with Crippen molar-refractivity contribution in [1.82, 2.24) is 0 Å². The first-order valence-corrected chi connectivity index (χ1v) is 6.83. The van der Waals surface area contributed by atoms with Crippen LogP contribution in [-0.2, 0) is 0 Å². The summed E-state index contributed by atoms with van der Waals surface area (Å²) < 4.78 is 0. The molecule has 0 aromatic rings. The van der Waals surface area contributed by atoms with Gasteiger partial charge in [0.2, 0.25) is 0 Å². The molecular formula is C15H26O2. The van der Waals surface area contributed by atoms with E-state index < -0.39 is 5.60 Å². The minimum atomic E-state index is -0.690. The minimum absolute atomic E-state index is 0.108. The summed E-state index contributed by atoms with van der Waals surface area (Å²) in [5, 5.41) is 20.6. The Bertz CT molecular complexity index is 326. The zero-order valence-corrected chi connectivity index (χ0v) is 11.5. The molecule has 1 spiro atoms. The van der Waals surface area contributed by atoms with Crippen molar-refractivity contribution in [1.29, 1.82) is 0 Å². The van der Waals surface area contributed by atoms with Gasteiger partial charge in [-0.1, -0.05) is 18.6 Å². The van der Waals surface area contributed by atoms with Crippen LogP contribution in [0, 0.1) is 17.3 Å². The smallest absolute Gasteiger partial charge is 0.0626 e. The van der Waals surface area contributed by atoms with Gasteiger partial charge in [-0.2, -0.15) is 0 Å². The quantitative estimate of drug-likeness (QED) is 0.690. The molecule has 0 aliphatic heterocycles. The molecule has 1 saturated carbocycles. The van der Waals surface area contributed by atoms with E-state index in [2.05, 4.69) is 19.9 Å². The Hall–Kier alpha value is -0.340. The lowest BCUT2D eigenvalue weighted by molar-refractivity contribution is -0.0511. The minimum Gasteiger partial charge on any atom is -0.393 e. The van der Waals surface area contributed by atoms with Crippen LogP contribution in [0.15, 0.2) is 11.6 Å². The number of aliphatic hydroxyl groups is 2. The molecule has 0 heterocycles. The molecule has 2 aliphatic rings. The van der Waals surface area contributed by atoms with Crippen LogP contribution in [0.4, 0.5) is 0 Å². The Labute approximate surface area is 105 Å². The molecule has 17 heavy (non-hydrogen) atoms. The van der Waals surface area contributed by atoms with Gasteiger partial charge in [0.15, 0.2) is 0 Å². The van der Waals surface area contributed by atoms with Crippen molar-refractivity contribution in [3.8, 4) is 0 Å². The zero-order chi connectivity index (χ0) is 12.8. The summed E-state index contributed by atoms with van der Waals surface area (Å²) in [4.78, 5) is 0. The summed E-state index contributed by atoms with van der Waals surface area (Å²) in [6, 6.07) is 0.